The van der Waals surface area contributed by atoms with E-state index in [1.807, 2.05) is 30.0 Å². The molecule has 5 nitrogen and oxygen atoms in total. The molecule has 0 aromatic heterocycles. The Morgan fingerprint density at radius 3 is 2.52 bits per heavy atom. The first-order valence-corrected chi connectivity index (χ1v) is 8.11. The molecule has 21 heavy (non-hydrogen) atoms. The molecule has 0 amide bonds. The standard InChI is InChI=1S/C15H25N3O2S/c1-11(21-5)9-17-15(16-2)18-10-12-6-7-13(19-3)14(8-12)20-4/h6-8,11H,9-10H2,1-5H3,(H2,16,17,18). The number of rotatable bonds is 7. The largest absolute Gasteiger partial charge is 0.493 e. The lowest BCUT2D eigenvalue weighted by molar-refractivity contribution is 0.354. The summed E-state index contributed by atoms with van der Waals surface area (Å²) < 4.78 is 10.5. The Morgan fingerprint density at radius 2 is 1.95 bits per heavy atom. The first kappa shape index (κ1) is 17.5. The summed E-state index contributed by atoms with van der Waals surface area (Å²) in [6.07, 6.45) is 2.10. The van der Waals surface area contributed by atoms with Crippen molar-refractivity contribution in [3.05, 3.63) is 23.8 Å². The van der Waals surface area contributed by atoms with Crippen LogP contribution in [0.25, 0.3) is 0 Å². The van der Waals surface area contributed by atoms with Crippen LogP contribution in [0.3, 0.4) is 0 Å². The highest BCUT2D eigenvalue weighted by atomic mass is 32.2. The van der Waals surface area contributed by atoms with Gasteiger partial charge in [0.05, 0.1) is 14.2 Å². The predicted octanol–water partition coefficient (Wildman–Crippen LogP) is 2.12. The molecule has 0 saturated carbocycles. The average Bonchev–Trinajstić information content (AvgIpc) is 2.54. The lowest BCUT2D eigenvalue weighted by Crippen LogP contribution is -2.39. The molecule has 0 aliphatic carbocycles. The van der Waals surface area contributed by atoms with Gasteiger partial charge in [-0.05, 0) is 24.0 Å². The monoisotopic (exact) mass is 311 g/mol. The number of hydrogen-bond acceptors (Lipinski definition) is 4. The molecule has 0 saturated heterocycles. The molecule has 2 N–H and O–H groups in total. The van der Waals surface area contributed by atoms with Gasteiger partial charge in [-0.3, -0.25) is 4.99 Å². The van der Waals surface area contributed by atoms with Gasteiger partial charge in [-0.25, -0.2) is 0 Å². The molecular formula is C15H25N3O2S. The molecule has 1 aromatic carbocycles. The highest BCUT2D eigenvalue weighted by Crippen LogP contribution is 2.27. The van der Waals surface area contributed by atoms with Gasteiger partial charge in [-0.1, -0.05) is 13.0 Å². The summed E-state index contributed by atoms with van der Waals surface area (Å²) in [5.41, 5.74) is 1.11. The fraction of sp³-hybridized carbons (Fsp3) is 0.533. The van der Waals surface area contributed by atoms with E-state index in [1.165, 1.54) is 0 Å². The summed E-state index contributed by atoms with van der Waals surface area (Å²) in [5, 5.41) is 7.14. The number of thioether (sulfide) groups is 1. The van der Waals surface area contributed by atoms with E-state index in [1.54, 1.807) is 21.3 Å². The normalized spacial score (nSPS) is 12.7. The number of benzene rings is 1. The van der Waals surface area contributed by atoms with Gasteiger partial charge in [0, 0.05) is 25.4 Å². The van der Waals surface area contributed by atoms with Crippen LogP contribution >= 0.6 is 11.8 Å². The van der Waals surface area contributed by atoms with Gasteiger partial charge < -0.3 is 20.1 Å². The van der Waals surface area contributed by atoms with E-state index in [0.717, 1.165) is 29.6 Å². The summed E-state index contributed by atoms with van der Waals surface area (Å²) in [6.45, 7) is 3.74. The Bertz CT molecular complexity index is 466. The number of guanidine groups is 1. The van der Waals surface area contributed by atoms with Gasteiger partial charge in [0.25, 0.3) is 0 Å². The highest BCUT2D eigenvalue weighted by molar-refractivity contribution is 7.99. The van der Waals surface area contributed by atoms with Crippen molar-refractivity contribution in [1.82, 2.24) is 10.6 Å². The number of ether oxygens (including phenoxy) is 2. The maximum absolute atomic E-state index is 5.30. The van der Waals surface area contributed by atoms with Crippen LogP contribution in [0.15, 0.2) is 23.2 Å². The Balaban J connectivity index is 2.57. The molecule has 0 spiro atoms. The van der Waals surface area contributed by atoms with Crippen molar-refractivity contribution < 1.29 is 9.47 Å². The van der Waals surface area contributed by atoms with E-state index < -0.39 is 0 Å². The van der Waals surface area contributed by atoms with E-state index >= 15 is 0 Å². The molecule has 1 atom stereocenters. The zero-order chi connectivity index (χ0) is 15.7. The number of methoxy groups -OCH3 is 2. The summed E-state index contributed by atoms with van der Waals surface area (Å²) >= 11 is 1.83. The van der Waals surface area contributed by atoms with Crippen LogP contribution in [0.4, 0.5) is 0 Å². The molecule has 1 aromatic rings. The highest BCUT2D eigenvalue weighted by Gasteiger charge is 2.06. The Morgan fingerprint density at radius 1 is 1.24 bits per heavy atom. The average molecular weight is 311 g/mol. The third kappa shape index (κ3) is 5.75. The van der Waals surface area contributed by atoms with Gasteiger partial charge in [0.2, 0.25) is 0 Å². The lowest BCUT2D eigenvalue weighted by Gasteiger charge is -2.15. The van der Waals surface area contributed by atoms with Crippen molar-refractivity contribution >= 4 is 17.7 Å². The molecule has 0 aliphatic heterocycles. The van der Waals surface area contributed by atoms with Crippen molar-refractivity contribution in [3.8, 4) is 11.5 Å². The maximum atomic E-state index is 5.30. The van der Waals surface area contributed by atoms with E-state index in [9.17, 15) is 0 Å². The molecule has 1 unspecified atom stereocenters. The number of hydrogen-bond donors (Lipinski definition) is 2. The second kappa shape index (κ2) is 9.39. The first-order chi connectivity index (χ1) is 10.1. The Labute approximate surface area is 131 Å². The van der Waals surface area contributed by atoms with E-state index in [0.29, 0.717) is 11.8 Å². The van der Waals surface area contributed by atoms with Crippen molar-refractivity contribution in [1.29, 1.82) is 0 Å². The molecular weight excluding hydrogens is 286 g/mol. The minimum Gasteiger partial charge on any atom is -0.493 e. The summed E-state index contributed by atoms with van der Waals surface area (Å²) in [5.74, 6) is 2.26. The molecule has 118 valence electrons. The number of aliphatic imine (C=N–C) groups is 1. The van der Waals surface area contributed by atoms with Crippen molar-refractivity contribution in [3.63, 3.8) is 0 Å². The summed E-state index contributed by atoms with van der Waals surface area (Å²) in [6, 6.07) is 5.87. The zero-order valence-corrected chi connectivity index (χ0v) is 14.2. The smallest absolute Gasteiger partial charge is 0.191 e. The van der Waals surface area contributed by atoms with Gasteiger partial charge in [-0.2, -0.15) is 11.8 Å². The molecule has 1 rings (SSSR count). The van der Waals surface area contributed by atoms with E-state index in [2.05, 4.69) is 28.8 Å². The van der Waals surface area contributed by atoms with Crippen LogP contribution in [0.1, 0.15) is 12.5 Å². The van der Waals surface area contributed by atoms with Gasteiger partial charge in [0.15, 0.2) is 17.5 Å². The fourth-order valence-electron chi connectivity index (χ4n) is 1.72. The third-order valence-electron chi connectivity index (χ3n) is 3.09. The Hall–Kier alpha value is -1.56. The SMILES string of the molecule is CN=C(NCc1ccc(OC)c(OC)c1)NCC(C)SC. The minimum atomic E-state index is 0.546. The van der Waals surface area contributed by atoms with E-state index in [4.69, 9.17) is 9.47 Å². The predicted molar refractivity (Wildman–Crippen MR) is 90.7 cm³/mol. The Kier molecular flexibility index (Phi) is 7.82. The van der Waals surface area contributed by atoms with Crippen LogP contribution in [-0.2, 0) is 6.54 Å². The van der Waals surface area contributed by atoms with Crippen LogP contribution in [-0.4, -0.2) is 45.3 Å². The van der Waals surface area contributed by atoms with Crippen molar-refractivity contribution in [2.45, 2.75) is 18.7 Å². The molecule has 0 radical (unpaired) electrons. The topological polar surface area (TPSA) is 54.9 Å². The van der Waals surface area contributed by atoms with Gasteiger partial charge in [-0.15, -0.1) is 0 Å². The molecule has 0 bridgehead atoms. The van der Waals surface area contributed by atoms with Crippen LogP contribution in [0.5, 0.6) is 11.5 Å². The number of nitrogens with zero attached hydrogens (tertiary/aromatic N) is 1. The second-order valence-electron chi connectivity index (χ2n) is 4.54. The maximum Gasteiger partial charge on any atom is 0.191 e. The van der Waals surface area contributed by atoms with Gasteiger partial charge >= 0.3 is 0 Å². The number of nitrogens with one attached hydrogen (secondary N) is 2. The van der Waals surface area contributed by atoms with Crippen LogP contribution in [0.2, 0.25) is 0 Å². The van der Waals surface area contributed by atoms with Crippen LogP contribution in [0, 0.1) is 0 Å². The summed E-state index contributed by atoms with van der Waals surface area (Å²) in [7, 11) is 5.04. The fourth-order valence-corrected chi connectivity index (χ4v) is 1.97. The molecule has 0 aliphatic rings. The van der Waals surface area contributed by atoms with Crippen molar-refractivity contribution in [2.75, 3.05) is 34.1 Å². The zero-order valence-electron chi connectivity index (χ0n) is 13.4. The third-order valence-corrected chi connectivity index (χ3v) is 4.06. The van der Waals surface area contributed by atoms with Crippen LogP contribution < -0.4 is 20.1 Å². The molecule has 6 heteroatoms. The lowest BCUT2D eigenvalue weighted by atomic mass is 10.2. The first-order valence-electron chi connectivity index (χ1n) is 6.82. The molecule has 0 heterocycles. The molecule has 0 fully saturated rings. The van der Waals surface area contributed by atoms with Gasteiger partial charge in [0.1, 0.15) is 0 Å². The second-order valence-corrected chi connectivity index (χ2v) is 5.82. The summed E-state index contributed by atoms with van der Waals surface area (Å²) in [4.78, 5) is 4.21. The van der Waals surface area contributed by atoms with Crippen molar-refractivity contribution in [2.24, 2.45) is 4.99 Å². The quantitative estimate of drug-likeness (QED) is 0.597. The minimum absolute atomic E-state index is 0.546. The van der Waals surface area contributed by atoms with E-state index in [-0.39, 0.29) is 0 Å².